The third-order valence-electron chi connectivity index (χ3n) is 1.70. The van der Waals surface area contributed by atoms with E-state index in [0.29, 0.717) is 0 Å². The lowest BCUT2D eigenvalue weighted by atomic mass is 9.88. The normalized spacial score (nSPS) is 12.1. The van der Waals surface area contributed by atoms with Gasteiger partial charge in [-0.2, -0.15) is 0 Å². The average Bonchev–Trinajstić information content (AvgIpc) is 2.08. The minimum absolute atomic E-state index is 0.230. The van der Waals surface area contributed by atoms with E-state index in [4.69, 9.17) is 11.6 Å². The van der Waals surface area contributed by atoms with Crippen LogP contribution in [-0.4, -0.2) is 0 Å². The van der Waals surface area contributed by atoms with Crippen LogP contribution in [0.5, 0.6) is 0 Å². The zero-order valence-corrected chi connectivity index (χ0v) is 8.94. The largest absolute Gasteiger partial charge is 0.128 e. The van der Waals surface area contributed by atoms with Crippen molar-refractivity contribution in [2.24, 2.45) is 0 Å². The summed E-state index contributed by atoms with van der Waals surface area (Å²) in [6.45, 7) is 8.74. The molecule has 11 heavy (non-hydrogen) atoms. The Labute approximate surface area is 77.2 Å². The van der Waals surface area contributed by atoms with Gasteiger partial charge in [-0.1, -0.05) is 32.4 Å². The monoisotopic (exact) mass is 188 g/mol. The molecule has 1 heterocycles. The van der Waals surface area contributed by atoms with Crippen LogP contribution in [0.1, 0.15) is 31.2 Å². The molecule has 0 spiro atoms. The highest BCUT2D eigenvalue weighted by atomic mass is 35.5. The van der Waals surface area contributed by atoms with Crippen molar-refractivity contribution < 1.29 is 0 Å². The Bertz CT molecular complexity index is 255. The topological polar surface area (TPSA) is 0 Å². The lowest BCUT2D eigenvalue weighted by Crippen LogP contribution is -2.10. The maximum atomic E-state index is 5.89. The van der Waals surface area contributed by atoms with Gasteiger partial charge in [-0.3, -0.25) is 0 Å². The van der Waals surface area contributed by atoms with Gasteiger partial charge in [0.05, 0.1) is 4.34 Å². The number of halogens is 1. The Morgan fingerprint density at radius 2 is 1.91 bits per heavy atom. The van der Waals surface area contributed by atoms with Crippen LogP contribution in [0.2, 0.25) is 4.34 Å². The van der Waals surface area contributed by atoms with Crippen molar-refractivity contribution in [1.29, 1.82) is 0 Å². The maximum Gasteiger partial charge on any atom is 0.0934 e. The van der Waals surface area contributed by atoms with Gasteiger partial charge in [0.15, 0.2) is 0 Å². The van der Waals surface area contributed by atoms with Crippen LogP contribution >= 0.6 is 22.9 Å². The van der Waals surface area contributed by atoms with Gasteiger partial charge >= 0.3 is 0 Å². The molecule has 0 fully saturated rings. The third kappa shape index (κ3) is 1.97. The smallest absolute Gasteiger partial charge is 0.0934 e. The Balaban J connectivity index is 3.13. The Kier molecular flexibility index (Phi) is 2.31. The molecule has 1 rings (SSSR count). The average molecular weight is 189 g/mol. The Morgan fingerprint density at radius 3 is 2.09 bits per heavy atom. The summed E-state index contributed by atoms with van der Waals surface area (Å²) in [5.74, 6) is 0. The van der Waals surface area contributed by atoms with E-state index >= 15 is 0 Å². The van der Waals surface area contributed by atoms with E-state index in [1.54, 1.807) is 11.3 Å². The second kappa shape index (κ2) is 2.80. The molecule has 1 aromatic rings. The fraction of sp³-hybridized carbons (Fsp3) is 0.556. The van der Waals surface area contributed by atoms with Crippen molar-refractivity contribution >= 4 is 22.9 Å². The van der Waals surface area contributed by atoms with Crippen LogP contribution < -0.4 is 0 Å². The molecule has 0 aromatic carbocycles. The summed E-state index contributed by atoms with van der Waals surface area (Å²) in [7, 11) is 0. The second-order valence-corrected chi connectivity index (χ2v) is 5.66. The van der Waals surface area contributed by atoms with Crippen LogP contribution in [0.15, 0.2) is 6.07 Å². The van der Waals surface area contributed by atoms with Gasteiger partial charge in [-0.15, -0.1) is 11.3 Å². The molecule has 62 valence electrons. The van der Waals surface area contributed by atoms with Crippen molar-refractivity contribution in [2.45, 2.75) is 33.1 Å². The molecule has 2 heteroatoms. The lowest BCUT2D eigenvalue weighted by molar-refractivity contribution is 0.589. The van der Waals surface area contributed by atoms with Crippen LogP contribution in [0, 0.1) is 6.92 Å². The number of rotatable bonds is 0. The van der Waals surface area contributed by atoms with Gasteiger partial charge in [-0.25, -0.2) is 0 Å². The molecule has 0 unspecified atom stereocenters. The molecule has 0 saturated carbocycles. The molecule has 0 aliphatic carbocycles. The van der Waals surface area contributed by atoms with E-state index in [1.165, 1.54) is 10.4 Å². The Hall–Kier alpha value is -0.0100. The van der Waals surface area contributed by atoms with E-state index < -0.39 is 0 Å². The quantitative estimate of drug-likeness (QED) is 0.577. The molecule has 0 atom stereocenters. The summed E-state index contributed by atoms with van der Waals surface area (Å²) in [5.41, 5.74) is 1.60. The summed E-state index contributed by atoms with van der Waals surface area (Å²) >= 11 is 7.55. The summed E-state index contributed by atoms with van der Waals surface area (Å²) < 4.78 is 0.896. The highest BCUT2D eigenvalue weighted by Gasteiger charge is 2.18. The minimum atomic E-state index is 0.230. The van der Waals surface area contributed by atoms with Gasteiger partial charge in [0.25, 0.3) is 0 Å². The minimum Gasteiger partial charge on any atom is -0.128 e. The summed E-state index contributed by atoms with van der Waals surface area (Å²) in [6.07, 6.45) is 0. The fourth-order valence-electron chi connectivity index (χ4n) is 1.19. The highest BCUT2D eigenvalue weighted by Crippen LogP contribution is 2.34. The predicted octanol–water partition coefficient (Wildman–Crippen LogP) is 4.01. The molecule has 0 saturated heterocycles. The van der Waals surface area contributed by atoms with E-state index in [-0.39, 0.29) is 5.41 Å². The molecule has 0 N–H and O–H groups in total. The molecule has 0 aliphatic rings. The third-order valence-corrected chi connectivity index (χ3v) is 2.88. The van der Waals surface area contributed by atoms with Crippen LogP contribution in [0.4, 0.5) is 0 Å². The van der Waals surface area contributed by atoms with E-state index in [0.717, 1.165) is 4.34 Å². The zero-order valence-electron chi connectivity index (χ0n) is 7.36. The van der Waals surface area contributed by atoms with Crippen molar-refractivity contribution in [2.75, 3.05) is 0 Å². The van der Waals surface area contributed by atoms with Gasteiger partial charge in [0.1, 0.15) is 0 Å². The first kappa shape index (κ1) is 9.08. The Morgan fingerprint density at radius 1 is 1.36 bits per heavy atom. The van der Waals surface area contributed by atoms with Crippen LogP contribution in [0.3, 0.4) is 0 Å². The van der Waals surface area contributed by atoms with Gasteiger partial charge in [0.2, 0.25) is 0 Å². The molecular formula is C9H13ClS. The number of thiophene rings is 1. The van der Waals surface area contributed by atoms with E-state index in [2.05, 4.69) is 33.8 Å². The maximum absolute atomic E-state index is 5.89. The summed E-state index contributed by atoms with van der Waals surface area (Å²) in [6, 6.07) is 2.07. The standard InChI is InChI=1S/C9H13ClS/c1-6-7(9(2,3)4)5-8(10)11-6/h5H,1-4H3. The van der Waals surface area contributed by atoms with Crippen molar-refractivity contribution in [3.8, 4) is 0 Å². The van der Waals surface area contributed by atoms with Crippen molar-refractivity contribution in [1.82, 2.24) is 0 Å². The number of aryl methyl sites for hydroxylation is 1. The first-order valence-corrected chi connectivity index (χ1v) is 4.87. The highest BCUT2D eigenvalue weighted by molar-refractivity contribution is 7.16. The summed E-state index contributed by atoms with van der Waals surface area (Å²) in [5, 5.41) is 0. The van der Waals surface area contributed by atoms with Gasteiger partial charge in [0, 0.05) is 4.88 Å². The van der Waals surface area contributed by atoms with Crippen LogP contribution in [0.25, 0.3) is 0 Å². The molecular weight excluding hydrogens is 176 g/mol. The van der Waals surface area contributed by atoms with Crippen molar-refractivity contribution in [3.05, 3.63) is 20.8 Å². The zero-order chi connectivity index (χ0) is 8.65. The SMILES string of the molecule is Cc1sc(Cl)cc1C(C)(C)C. The van der Waals surface area contributed by atoms with Crippen molar-refractivity contribution in [3.63, 3.8) is 0 Å². The first-order valence-electron chi connectivity index (χ1n) is 3.67. The first-order chi connectivity index (χ1) is 4.91. The van der Waals surface area contributed by atoms with E-state index in [1.807, 2.05) is 0 Å². The molecule has 1 aromatic heterocycles. The van der Waals surface area contributed by atoms with Gasteiger partial charge in [-0.05, 0) is 24.0 Å². The van der Waals surface area contributed by atoms with Gasteiger partial charge < -0.3 is 0 Å². The molecule has 0 bridgehead atoms. The predicted molar refractivity (Wildman–Crippen MR) is 52.8 cm³/mol. The molecule has 0 radical (unpaired) electrons. The fourth-order valence-corrected chi connectivity index (χ4v) is 2.59. The molecule has 0 aliphatic heterocycles. The molecule has 0 amide bonds. The van der Waals surface area contributed by atoms with E-state index in [9.17, 15) is 0 Å². The van der Waals surface area contributed by atoms with Crippen LogP contribution in [-0.2, 0) is 5.41 Å². The number of hydrogen-bond acceptors (Lipinski definition) is 1. The summed E-state index contributed by atoms with van der Waals surface area (Å²) in [4.78, 5) is 1.34. The number of hydrogen-bond donors (Lipinski definition) is 0. The second-order valence-electron chi connectivity index (χ2n) is 3.77. The lowest BCUT2D eigenvalue weighted by Gasteiger charge is -2.17. The molecule has 0 nitrogen and oxygen atoms in total.